The van der Waals surface area contributed by atoms with E-state index in [0.717, 1.165) is 16.7 Å². The SMILES string of the molecule is Cc1ccc(N2C(=O)/C(=C\c3ccc(OCc4ccccc4C#N)c(Br)c3)C(=O)N(c3ccccc3)C2=S)cc1C. The number of para-hydroxylation sites is 1. The summed E-state index contributed by atoms with van der Waals surface area (Å²) in [5, 5.41) is 9.43. The van der Waals surface area contributed by atoms with Crippen LogP contribution in [0, 0.1) is 25.2 Å². The molecule has 0 unspecified atom stereocenters. The summed E-state index contributed by atoms with van der Waals surface area (Å²) < 4.78 is 6.59. The maximum atomic E-state index is 13.9. The molecule has 8 heteroatoms. The molecule has 5 rings (SSSR count). The minimum absolute atomic E-state index is 0.0239. The second-order valence-corrected chi connectivity index (χ2v) is 10.7. The molecule has 2 amide bonds. The summed E-state index contributed by atoms with van der Waals surface area (Å²) in [6, 6.07) is 29.4. The summed E-state index contributed by atoms with van der Waals surface area (Å²) in [7, 11) is 0. The van der Waals surface area contributed by atoms with Gasteiger partial charge in [0, 0.05) is 5.56 Å². The lowest BCUT2D eigenvalue weighted by Crippen LogP contribution is -2.57. The van der Waals surface area contributed by atoms with Crippen LogP contribution in [-0.4, -0.2) is 16.9 Å². The van der Waals surface area contributed by atoms with Gasteiger partial charge < -0.3 is 4.74 Å². The molecule has 0 N–H and O–H groups in total. The highest BCUT2D eigenvalue weighted by molar-refractivity contribution is 9.10. The fraction of sp³-hybridized carbons (Fsp3) is 0.0909. The van der Waals surface area contributed by atoms with Gasteiger partial charge >= 0.3 is 0 Å². The number of rotatable bonds is 6. The smallest absolute Gasteiger partial charge is 0.270 e. The number of amides is 2. The van der Waals surface area contributed by atoms with Gasteiger partial charge in [0.05, 0.1) is 27.5 Å². The van der Waals surface area contributed by atoms with Gasteiger partial charge in [-0.05, 0) is 107 Å². The van der Waals surface area contributed by atoms with E-state index in [1.165, 1.54) is 9.80 Å². The predicted octanol–water partition coefficient (Wildman–Crippen LogP) is 7.26. The monoisotopic (exact) mass is 621 g/mol. The zero-order valence-electron chi connectivity index (χ0n) is 22.3. The van der Waals surface area contributed by atoms with E-state index in [0.29, 0.717) is 32.7 Å². The Morgan fingerprint density at radius 3 is 2.22 bits per heavy atom. The van der Waals surface area contributed by atoms with Crippen LogP contribution in [0.15, 0.2) is 101 Å². The Morgan fingerprint density at radius 1 is 0.854 bits per heavy atom. The van der Waals surface area contributed by atoms with Crippen molar-refractivity contribution in [1.29, 1.82) is 5.26 Å². The largest absolute Gasteiger partial charge is 0.488 e. The molecule has 1 aliphatic heterocycles. The van der Waals surface area contributed by atoms with Crippen LogP contribution < -0.4 is 14.5 Å². The minimum Gasteiger partial charge on any atom is -0.488 e. The van der Waals surface area contributed by atoms with Crippen molar-refractivity contribution in [2.45, 2.75) is 20.5 Å². The number of hydrogen-bond donors (Lipinski definition) is 0. The summed E-state index contributed by atoms with van der Waals surface area (Å²) in [5.74, 6) is -0.444. The van der Waals surface area contributed by atoms with Gasteiger partial charge in [-0.25, -0.2) is 0 Å². The van der Waals surface area contributed by atoms with E-state index in [2.05, 4.69) is 22.0 Å². The lowest BCUT2D eigenvalue weighted by molar-refractivity contribution is -0.120. The van der Waals surface area contributed by atoms with Gasteiger partial charge in [-0.3, -0.25) is 19.4 Å². The zero-order valence-corrected chi connectivity index (χ0v) is 24.7. The van der Waals surface area contributed by atoms with E-state index in [4.69, 9.17) is 17.0 Å². The number of aryl methyl sites for hydroxylation is 2. The van der Waals surface area contributed by atoms with Gasteiger partial charge in [0.1, 0.15) is 17.9 Å². The molecular weight excluding hydrogens is 598 g/mol. The van der Waals surface area contributed by atoms with Crippen LogP contribution in [0.4, 0.5) is 11.4 Å². The summed E-state index contributed by atoms with van der Waals surface area (Å²) in [6.07, 6.45) is 1.57. The molecular formula is C33H24BrN3O3S. The van der Waals surface area contributed by atoms with Gasteiger partial charge in [0.2, 0.25) is 0 Å². The molecule has 0 atom stereocenters. The summed E-state index contributed by atoms with van der Waals surface area (Å²) in [5.41, 5.74) is 5.16. The van der Waals surface area contributed by atoms with Crippen molar-refractivity contribution < 1.29 is 14.3 Å². The molecule has 41 heavy (non-hydrogen) atoms. The normalized spacial score (nSPS) is 14.4. The van der Waals surface area contributed by atoms with Crippen LogP contribution in [0.3, 0.4) is 0 Å². The first-order chi connectivity index (χ1) is 19.8. The third-order valence-corrected chi connectivity index (χ3v) is 7.79. The maximum absolute atomic E-state index is 13.9. The van der Waals surface area contributed by atoms with Gasteiger partial charge in [0.15, 0.2) is 5.11 Å². The molecule has 4 aromatic carbocycles. The number of ether oxygens (including phenoxy) is 1. The van der Waals surface area contributed by atoms with Crippen molar-refractivity contribution in [3.8, 4) is 11.8 Å². The topological polar surface area (TPSA) is 73.6 Å². The van der Waals surface area contributed by atoms with E-state index < -0.39 is 11.8 Å². The third-order valence-electron chi connectivity index (χ3n) is 6.80. The number of thiocarbonyl (C=S) groups is 1. The molecule has 0 aliphatic carbocycles. The number of nitriles is 1. The van der Waals surface area contributed by atoms with E-state index in [1.807, 2.05) is 62.4 Å². The van der Waals surface area contributed by atoms with Crippen LogP contribution in [0.2, 0.25) is 0 Å². The van der Waals surface area contributed by atoms with Crippen molar-refractivity contribution in [3.63, 3.8) is 0 Å². The number of hydrogen-bond acceptors (Lipinski definition) is 5. The quantitative estimate of drug-likeness (QED) is 0.129. The van der Waals surface area contributed by atoms with Crippen molar-refractivity contribution >= 4 is 62.5 Å². The minimum atomic E-state index is -0.504. The summed E-state index contributed by atoms with van der Waals surface area (Å²) in [6.45, 7) is 4.18. The fourth-order valence-electron chi connectivity index (χ4n) is 4.43. The fourth-order valence-corrected chi connectivity index (χ4v) is 5.32. The molecule has 0 radical (unpaired) electrons. The van der Waals surface area contributed by atoms with E-state index in [-0.39, 0.29) is 17.3 Å². The highest BCUT2D eigenvalue weighted by Crippen LogP contribution is 2.32. The maximum Gasteiger partial charge on any atom is 0.270 e. The van der Waals surface area contributed by atoms with Crippen molar-refractivity contribution in [1.82, 2.24) is 0 Å². The van der Waals surface area contributed by atoms with Gasteiger partial charge in [-0.2, -0.15) is 5.26 Å². The molecule has 0 bridgehead atoms. The highest BCUT2D eigenvalue weighted by atomic mass is 79.9. The van der Waals surface area contributed by atoms with Crippen LogP contribution in [0.5, 0.6) is 5.75 Å². The lowest BCUT2D eigenvalue weighted by Gasteiger charge is -2.36. The van der Waals surface area contributed by atoms with Crippen molar-refractivity contribution in [2.75, 3.05) is 9.80 Å². The number of anilines is 2. The Hall–Kier alpha value is -4.58. The van der Waals surface area contributed by atoms with E-state index in [1.54, 1.807) is 48.5 Å². The Balaban J connectivity index is 1.50. The molecule has 1 saturated heterocycles. The number of halogens is 1. The standard InChI is InChI=1S/C33H24BrN3O3S/c1-21-12-14-27(16-22(21)2)37-32(39)28(31(38)36(33(37)41)26-10-4-3-5-11-26)17-23-13-15-30(29(34)18-23)40-20-25-9-7-6-8-24(25)19-35/h3-18H,20H2,1-2H3/b28-17-. The molecule has 1 heterocycles. The van der Waals surface area contributed by atoms with Crippen LogP contribution in [-0.2, 0) is 16.2 Å². The Morgan fingerprint density at radius 2 is 1.54 bits per heavy atom. The van der Waals surface area contributed by atoms with Gasteiger partial charge in [-0.1, -0.05) is 48.5 Å². The van der Waals surface area contributed by atoms with E-state index >= 15 is 0 Å². The molecule has 4 aromatic rings. The number of benzene rings is 4. The average molecular weight is 623 g/mol. The van der Waals surface area contributed by atoms with Crippen molar-refractivity contribution in [3.05, 3.63) is 129 Å². The number of carbonyl (C=O) groups is 2. The number of nitrogens with zero attached hydrogens (tertiary/aromatic N) is 3. The second kappa shape index (κ2) is 11.9. The van der Waals surface area contributed by atoms with Crippen LogP contribution >= 0.6 is 28.1 Å². The van der Waals surface area contributed by atoms with Gasteiger partial charge in [0.25, 0.3) is 11.8 Å². The molecule has 202 valence electrons. The first-order valence-electron chi connectivity index (χ1n) is 12.8. The van der Waals surface area contributed by atoms with Crippen LogP contribution in [0.25, 0.3) is 6.08 Å². The zero-order chi connectivity index (χ0) is 29.1. The molecule has 6 nitrogen and oxygen atoms in total. The highest BCUT2D eigenvalue weighted by Gasteiger charge is 2.41. The summed E-state index contributed by atoms with van der Waals surface area (Å²) >= 11 is 9.27. The Labute approximate surface area is 252 Å². The first kappa shape index (κ1) is 28.0. The van der Waals surface area contributed by atoms with Gasteiger partial charge in [-0.15, -0.1) is 0 Å². The Bertz CT molecular complexity index is 1760. The molecule has 0 saturated carbocycles. The first-order valence-corrected chi connectivity index (χ1v) is 14.0. The predicted molar refractivity (Wildman–Crippen MR) is 168 cm³/mol. The molecule has 1 fully saturated rings. The second-order valence-electron chi connectivity index (χ2n) is 9.47. The average Bonchev–Trinajstić information content (AvgIpc) is 2.97. The molecule has 0 aromatic heterocycles. The lowest BCUT2D eigenvalue weighted by atomic mass is 10.0. The molecule has 1 aliphatic rings. The number of carbonyl (C=O) groups excluding carboxylic acids is 2. The van der Waals surface area contributed by atoms with E-state index in [9.17, 15) is 14.9 Å². The summed E-state index contributed by atoms with van der Waals surface area (Å²) in [4.78, 5) is 30.4. The third kappa shape index (κ3) is 5.68. The van der Waals surface area contributed by atoms with Crippen LogP contribution in [0.1, 0.15) is 27.8 Å². The Kier molecular flexibility index (Phi) is 8.11. The van der Waals surface area contributed by atoms with Crippen molar-refractivity contribution in [2.24, 2.45) is 0 Å². The molecule has 0 spiro atoms.